The second-order valence-electron chi connectivity index (χ2n) is 3.93. The van der Waals surface area contributed by atoms with E-state index < -0.39 is 0 Å². The second kappa shape index (κ2) is 6.81. The third-order valence-electron chi connectivity index (χ3n) is 2.74. The van der Waals surface area contributed by atoms with Gasteiger partial charge in [0, 0.05) is 25.0 Å². The Kier molecular flexibility index (Phi) is 5.71. The van der Waals surface area contributed by atoms with Gasteiger partial charge in [0.05, 0.1) is 6.10 Å². The minimum absolute atomic E-state index is 0.328. The lowest BCUT2D eigenvalue weighted by Gasteiger charge is -2.19. The number of thioether (sulfide) groups is 1. The van der Waals surface area contributed by atoms with Gasteiger partial charge in [0.15, 0.2) is 0 Å². The zero-order valence-electron chi connectivity index (χ0n) is 10.3. The van der Waals surface area contributed by atoms with Crippen molar-refractivity contribution in [1.29, 1.82) is 0 Å². The summed E-state index contributed by atoms with van der Waals surface area (Å²) in [5.41, 5.74) is 2.21. The van der Waals surface area contributed by atoms with E-state index in [1.165, 1.54) is 5.69 Å². The minimum atomic E-state index is -0.328. The van der Waals surface area contributed by atoms with Gasteiger partial charge in [-0.25, -0.2) is 0 Å². The topological polar surface area (TPSA) is 23.5 Å². The molecule has 0 aromatic heterocycles. The van der Waals surface area contributed by atoms with Crippen molar-refractivity contribution in [2.45, 2.75) is 19.4 Å². The standard InChI is InChI=1S/C13H21NOS/c1-4-13(15)11-5-7-12(8-6-11)14(2)9-10-16-3/h5-8,13,15H,4,9-10H2,1-3H3/t13-/m0/s1. The molecule has 1 N–H and O–H groups in total. The maximum absolute atomic E-state index is 9.68. The fourth-order valence-corrected chi connectivity index (χ4v) is 2.00. The molecule has 0 saturated carbocycles. The van der Waals surface area contributed by atoms with Gasteiger partial charge in [0.25, 0.3) is 0 Å². The molecule has 0 aliphatic rings. The lowest BCUT2D eigenvalue weighted by Crippen LogP contribution is -2.20. The fraction of sp³-hybridized carbons (Fsp3) is 0.538. The molecule has 0 heterocycles. The van der Waals surface area contributed by atoms with Crippen molar-refractivity contribution in [2.24, 2.45) is 0 Å². The van der Waals surface area contributed by atoms with Crippen molar-refractivity contribution >= 4 is 17.4 Å². The van der Waals surface area contributed by atoms with Crippen LogP contribution in [0, 0.1) is 0 Å². The van der Waals surface area contributed by atoms with E-state index in [1.807, 2.05) is 30.8 Å². The van der Waals surface area contributed by atoms with Gasteiger partial charge in [-0.05, 0) is 30.4 Å². The van der Waals surface area contributed by atoms with E-state index >= 15 is 0 Å². The largest absolute Gasteiger partial charge is 0.388 e. The van der Waals surface area contributed by atoms with Crippen LogP contribution in [-0.2, 0) is 0 Å². The number of hydrogen-bond acceptors (Lipinski definition) is 3. The molecule has 1 atom stereocenters. The molecule has 0 saturated heterocycles. The molecular weight excluding hydrogens is 218 g/mol. The number of rotatable bonds is 6. The van der Waals surface area contributed by atoms with Crippen molar-refractivity contribution in [2.75, 3.05) is 30.5 Å². The Morgan fingerprint density at radius 1 is 1.31 bits per heavy atom. The second-order valence-corrected chi connectivity index (χ2v) is 4.92. The molecule has 2 nitrogen and oxygen atoms in total. The molecule has 0 radical (unpaired) electrons. The van der Waals surface area contributed by atoms with Gasteiger partial charge in [-0.15, -0.1) is 0 Å². The zero-order valence-corrected chi connectivity index (χ0v) is 11.1. The lowest BCUT2D eigenvalue weighted by atomic mass is 10.1. The van der Waals surface area contributed by atoms with Crippen LogP contribution in [0.4, 0.5) is 5.69 Å². The van der Waals surface area contributed by atoms with Crippen LogP contribution in [0.15, 0.2) is 24.3 Å². The first-order valence-corrected chi connectivity index (χ1v) is 7.06. The minimum Gasteiger partial charge on any atom is -0.388 e. The zero-order chi connectivity index (χ0) is 12.0. The summed E-state index contributed by atoms with van der Waals surface area (Å²) in [6.07, 6.45) is 2.56. The van der Waals surface area contributed by atoms with Crippen molar-refractivity contribution < 1.29 is 5.11 Å². The molecule has 3 heteroatoms. The molecule has 0 fully saturated rings. The van der Waals surface area contributed by atoms with Crippen LogP contribution in [-0.4, -0.2) is 30.7 Å². The van der Waals surface area contributed by atoms with Crippen LogP contribution >= 0.6 is 11.8 Å². The van der Waals surface area contributed by atoms with E-state index in [4.69, 9.17) is 0 Å². The summed E-state index contributed by atoms with van der Waals surface area (Å²) in [4.78, 5) is 2.23. The summed E-state index contributed by atoms with van der Waals surface area (Å²) in [7, 11) is 2.10. The van der Waals surface area contributed by atoms with E-state index in [9.17, 15) is 5.11 Å². The SMILES string of the molecule is CC[C@H](O)c1ccc(N(C)CCSC)cc1. The third kappa shape index (κ3) is 3.72. The summed E-state index contributed by atoms with van der Waals surface area (Å²) in [5, 5.41) is 9.68. The predicted octanol–water partition coefficient (Wildman–Crippen LogP) is 2.93. The average molecular weight is 239 g/mol. The third-order valence-corrected chi connectivity index (χ3v) is 3.33. The molecule has 0 aliphatic heterocycles. The smallest absolute Gasteiger partial charge is 0.0787 e. The Morgan fingerprint density at radius 2 is 1.94 bits per heavy atom. The van der Waals surface area contributed by atoms with Crippen LogP contribution in [0.3, 0.4) is 0 Å². The Labute approximate surface area is 103 Å². The monoisotopic (exact) mass is 239 g/mol. The van der Waals surface area contributed by atoms with E-state index in [2.05, 4.69) is 30.3 Å². The maximum atomic E-state index is 9.68. The highest BCUT2D eigenvalue weighted by Crippen LogP contribution is 2.20. The van der Waals surface area contributed by atoms with Crippen LogP contribution in [0.1, 0.15) is 25.0 Å². The summed E-state index contributed by atoms with van der Waals surface area (Å²) in [6, 6.07) is 8.18. The van der Waals surface area contributed by atoms with E-state index in [0.29, 0.717) is 0 Å². The van der Waals surface area contributed by atoms with Gasteiger partial charge in [0.1, 0.15) is 0 Å². The van der Waals surface area contributed by atoms with Gasteiger partial charge in [-0.1, -0.05) is 19.1 Å². The van der Waals surface area contributed by atoms with Gasteiger partial charge < -0.3 is 10.0 Å². The number of aliphatic hydroxyl groups is 1. The first-order valence-electron chi connectivity index (χ1n) is 5.67. The molecular formula is C13H21NOS. The van der Waals surface area contributed by atoms with Crippen LogP contribution < -0.4 is 4.90 Å². The Bertz CT molecular complexity index is 299. The highest BCUT2D eigenvalue weighted by atomic mass is 32.2. The normalized spacial score (nSPS) is 12.5. The van der Waals surface area contributed by atoms with Gasteiger partial charge >= 0.3 is 0 Å². The summed E-state index contributed by atoms with van der Waals surface area (Å²) in [5.74, 6) is 1.13. The molecule has 1 rings (SSSR count). The first-order chi connectivity index (χ1) is 7.69. The predicted molar refractivity (Wildman–Crippen MR) is 73.3 cm³/mol. The van der Waals surface area contributed by atoms with Gasteiger partial charge in [-0.3, -0.25) is 0 Å². The fourth-order valence-electron chi connectivity index (χ4n) is 1.54. The molecule has 90 valence electrons. The van der Waals surface area contributed by atoms with Gasteiger partial charge in [0.2, 0.25) is 0 Å². The van der Waals surface area contributed by atoms with E-state index in [-0.39, 0.29) is 6.10 Å². The molecule has 0 unspecified atom stereocenters. The quantitative estimate of drug-likeness (QED) is 0.825. The average Bonchev–Trinajstić information content (AvgIpc) is 2.35. The molecule has 0 spiro atoms. The number of benzene rings is 1. The van der Waals surface area contributed by atoms with Crippen molar-refractivity contribution in [1.82, 2.24) is 0 Å². The lowest BCUT2D eigenvalue weighted by molar-refractivity contribution is 0.173. The Balaban J connectivity index is 2.63. The first kappa shape index (κ1) is 13.4. The van der Waals surface area contributed by atoms with E-state index in [0.717, 1.165) is 24.3 Å². The van der Waals surface area contributed by atoms with Gasteiger partial charge in [-0.2, -0.15) is 11.8 Å². The number of hydrogen-bond donors (Lipinski definition) is 1. The maximum Gasteiger partial charge on any atom is 0.0787 e. The van der Waals surface area contributed by atoms with Crippen molar-refractivity contribution in [3.05, 3.63) is 29.8 Å². The molecule has 1 aromatic rings. The molecule has 0 aliphatic carbocycles. The molecule has 0 amide bonds. The molecule has 1 aromatic carbocycles. The van der Waals surface area contributed by atoms with Crippen molar-refractivity contribution in [3.63, 3.8) is 0 Å². The highest BCUT2D eigenvalue weighted by Gasteiger charge is 2.05. The number of nitrogens with zero attached hydrogens (tertiary/aromatic N) is 1. The van der Waals surface area contributed by atoms with Crippen LogP contribution in [0.2, 0.25) is 0 Å². The summed E-state index contributed by atoms with van der Waals surface area (Å²) >= 11 is 1.85. The van der Waals surface area contributed by atoms with Crippen molar-refractivity contribution in [3.8, 4) is 0 Å². The van der Waals surface area contributed by atoms with Crippen LogP contribution in [0.5, 0.6) is 0 Å². The summed E-state index contributed by atoms with van der Waals surface area (Å²) < 4.78 is 0. The summed E-state index contributed by atoms with van der Waals surface area (Å²) in [6.45, 7) is 3.04. The highest BCUT2D eigenvalue weighted by molar-refractivity contribution is 7.98. The molecule has 16 heavy (non-hydrogen) atoms. The van der Waals surface area contributed by atoms with Crippen LogP contribution in [0.25, 0.3) is 0 Å². The Hall–Kier alpha value is -0.670. The number of anilines is 1. The number of aliphatic hydroxyl groups excluding tert-OH is 1. The Morgan fingerprint density at radius 3 is 2.44 bits per heavy atom. The molecule has 0 bridgehead atoms. The van der Waals surface area contributed by atoms with E-state index in [1.54, 1.807) is 0 Å².